The molecule has 0 spiro atoms. The van der Waals surface area contributed by atoms with E-state index in [-0.39, 0.29) is 16.9 Å². The molecule has 0 atom stereocenters. The predicted molar refractivity (Wildman–Crippen MR) is 67.7 cm³/mol. The Kier molecular flexibility index (Phi) is 2.48. The van der Waals surface area contributed by atoms with Crippen molar-refractivity contribution in [3.05, 3.63) is 17.7 Å². The van der Waals surface area contributed by atoms with Gasteiger partial charge in [0, 0.05) is 11.6 Å². The fraction of sp³-hybridized carbons (Fsp3) is 0.750. The van der Waals surface area contributed by atoms with Gasteiger partial charge < -0.3 is 4.57 Å². The zero-order valence-electron chi connectivity index (χ0n) is 11.1. The van der Waals surface area contributed by atoms with E-state index >= 15 is 0 Å². The van der Waals surface area contributed by atoms with E-state index in [9.17, 15) is 8.42 Å². The quantitative estimate of drug-likeness (QED) is 0.711. The number of imidazole rings is 1. The van der Waals surface area contributed by atoms with Crippen molar-refractivity contribution in [3.8, 4) is 0 Å². The van der Waals surface area contributed by atoms with Crippen LogP contribution < -0.4 is 0 Å². The molecule has 0 unspecified atom stereocenters. The topological polar surface area (TPSA) is 52.0 Å². The van der Waals surface area contributed by atoms with Gasteiger partial charge in [0.05, 0.1) is 17.0 Å². The fourth-order valence-corrected chi connectivity index (χ4v) is 4.18. The first kappa shape index (κ1) is 12.6. The number of fused-ring (bicyclic) bond motifs is 1. The number of nitrogens with zero attached hydrogens (tertiary/aromatic N) is 2. The summed E-state index contributed by atoms with van der Waals surface area (Å²) in [6, 6.07) is 0. The fourth-order valence-electron chi connectivity index (χ4n) is 2.26. The molecule has 2 heterocycles. The number of aromatic nitrogens is 2. The minimum Gasteiger partial charge on any atom is -0.327 e. The van der Waals surface area contributed by atoms with Crippen molar-refractivity contribution in [2.75, 3.05) is 5.75 Å². The van der Waals surface area contributed by atoms with Crippen LogP contribution in [0.1, 0.15) is 46.1 Å². The first-order chi connectivity index (χ1) is 7.51. The second-order valence-corrected chi connectivity index (χ2v) is 8.57. The summed E-state index contributed by atoms with van der Waals surface area (Å²) in [5.41, 5.74) is 0.505. The molecule has 1 aromatic heterocycles. The van der Waals surface area contributed by atoms with Gasteiger partial charge in [-0.1, -0.05) is 20.8 Å². The minimum atomic E-state index is -3.02. The molecule has 0 bridgehead atoms. The minimum absolute atomic E-state index is 0.0514. The largest absolute Gasteiger partial charge is 0.327 e. The number of hydrogen-bond donors (Lipinski definition) is 0. The van der Waals surface area contributed by atoms with Crippen molar-refractivity contribution in [3.63, 3.8) is 0 Å². The number of hydrogen-bond acceptors (Lipinski definition) is 3. The van der Waals surface area contributed by atoms with Gasteiger partial charge >= 0.3 is 0 Å². The molecule has 1 aliphatic heterocycles. The van der Waals surface area contributed by atoms with Gasteiger partial charge in [-0.05, 0) is 13.8 Å². The third-order valence-electron chi connectivity index (χ3n) is 3.12. The highest BCUT2D eigenvalue weighted by atomic mass is 32.2. The van der Waals surface area contributed by atoms with Gasteiger partial charge in [0.2, 0.25) is 0 Å². The maximum Gasteiger partial charge on any atom is 0.159 e. The van der Waals surface area contributed by atoms with Crippen molar-refractivity contribution in [1.82, 2.24) is 9.55 Å². The summed E-state index contributed by atoms with van der Waals surface area (Å²) in [6.45, 7) is 10.1. The van der Waals surface area contributed by atoms with Crippen LogP contribution in [0, 0.1) is 0 Å². The van der Waals surface area contributed by atoms with E-state index in [2.05, 4.69) is 25.8 Å². The molecular weight excluding hydrogens is 236 g/mol. The first-order valence-electron chi connectivity index (χ1n) is 5.81. The zero-order valence-corrected chi connectivity index (χ0v) is 11.9. The van der Waals surface area contributed by atoms with Crippen LogP contribution in [-0.2, 0) is 26.5 Å². The van der Waals surface area contributed by atoms with Gasteiger partial charge in [-0.3, -0.25) is 0 Å². The van der Waals surface area contributed by atoms with Crippen molar-refractivity contribution < 1.29 is 8.42 Å². The molecular formula is C12H20N2O2S. The van der Waals surface area contributed by atoms with Gasteiger partial charge in [-0.25, -0.2) is 13.4 Å². The monoisotopic (exact) mass is 256 g/mol. The molecule has 2 rings (SSSR count). The second kappa shape index (κ2) is 3.34. The Morgan fingerprint density at radius 2 is 1.94 bits per heavy atom. The van der Waals surface area contributed by atoms with Crippen LogP contribution >= 0.6 is 0 Å². The molecule has 4 nitrogen and oxygen atoms in total. The number of sulfone groups is 1. The molecule has 0 radical (unpaired) electrons. The third kappa shape index (κ3) is 2.25. The van der Waals surface area contributed by atoms with Crippen LogP contribution in [0.25, 0.3) is 0 Å². The number of rotatable bonds is 0. The van der Waals surface area contributed by atoms with Crippen molar-refractivity contribution in [2.24, 2.45) is 0 Å². The summed E-state index contributed by atoms with van der Waals surface area (Å²) in [6.07, 6.45) is 2.00. The Labute approximate surface area is 103 Å². The third-order valence-corrected chi connectivity index (χ3v) is 4.97. The highest BCUT2D eigenvalue weighted by Crippen LogP contribution is 2.31. The van der Waals surface area contributed by atoms with Gasteiger partial charge in [0.25, 0.3) is 0 Å². The molecule has 0 saturated heterocycles. The van der Waals surface area contributed by atoms with Gasteiger partial charge in [0.1, 0.15) is 11.6 Å². The van der Waals surface area contributed by atoms with Gasteiger partial charge in [-0.2, -0.15) is 0 Å². The van der Waals surface area contributed by atoms with E-state index in [1.54, 1.807) is 0 Å². The molecule has 0 amide bonds. The molecule has 0 N–H and O–H groups in total. The van der Waals surface area contributed by atoms with Gasteiger partial charge in [0.15, 0.2) is 9.84 Å². The Balaban J connectivity index is 2.59. The Morgan fingerprint density at radius 3 is 2.47 bits per heavy atom. The maximum absolute atomic E-state index is 11.8. The molecule has 96 valence electrons. The smallest absolute Gasteiger partial charge is 0.159 e. The van der Waals surface area contributed by atoms with E-state index in [1.807, 2.05) is 24.6 Å². The van der Waals surface area contributed by atoms with E-state index in [0.29, 0.717) is 5.82 Å². The first-order valence-corrected chi connectivity index (χ1v) is 7.63. The molecule has 1 aromatic rings. The zero-order chi connectivity index (χ0) is 13.1. The highest BCUT2D eigenvalue weighted by molar-refractivity contribution is 7.90. The highest BCUT2D eigenvalue weighted by Gasteiger charge is 2.37. The van der Waals surface area contributed by atoms with Gasteiger partial charge in [-0.15, -0.1) is 0 Å². The molecule has 1 aliphatic rings. The molecule has 0 aromatic carbocycles. The van der Waals surface area contributed by atoms with Crippen LogP contribution in [0.3, 0.4) is 0 Å². The van der Waals surface area contributed by atoms with E-state index < -0.39 is 15.4 Å². The predicted octanol–water partition coefficient (Wildman–Crippen LogP) is 1.84. The lowest BCUT2D eigenvalue weighted by Gasteiger charge is -2.32. The summed E-state index contributed by atoms with van der Waals surface area (Å²) in [5, 5.41) is 0. The normalized spacial score (nSPS) is 22.2. The Morgan fingerprint density at radius 1 is 1.35 bits per heavy atom. The van der Waals surface area contributed by atoms with Crippen LogP contribution in [0.2, 0.25) is 0 Å². The summed E-state index contributed by atoms with van der Waals surface area (Å²) >= 11 is 0. The molecule has 17 heavy (non-hydrogen) atoms. The maximum atomic E-state index is 11.8. The van der Waals surface area contributed by atoms with Crippen molar-refractivity contribution in [1.29, 1.82) is 0 Å². The molecule has 0 aliphatic carbocycles. The van der Waals surface area contributed by atoms with Crippen LogP contribution in [0.15, 0.2) is 6.20 Å². The van der Waals surface area contributed by atoms with Crippen molar-refractivity contribution in [2.45, 2.75) is 51.3 Å². The average molecular weight is 256 g/mol. The summed E-state index contributed by atoms with van der Waals surface area (Å²) in [4.78, 5) is 4.50. The van der Waals surface area contributed by atoms with E-state index in [4.69, 9.17) is 0 Å². The van der Waals surface area contributed by atoms with E-state index in [0.717, 1.165) is 5.69 Å². The van der Waals surface area contributed by atoms with E-state index in [1.165, 1.54) is 0 Å². The summed E-state index contributed by atoms with van der Waals surface area (Å²) in [5.74, 6) is 0.922. The Hall–Kier alpha value is -0.840. The van der Waals surface area contributed by atoms with Crippen molar-refractivity contribution >= 4 is 9.84 Å². The molecule has 0 fully saturated rings. The molecule has 5 heteroatoms. The lowest BCUT2D eigenvalue weighted by Crippen LogP contribution is -2.40. The second-order valence-electron chi connectivity index (χ2n) is 6.51. The average Bonchev–Trinajstić information content (AvgIpc) is 2.42. The van der Waals surface area contributed by atoms with Crippen LogP contribution in [-0.4, -0.2) is 23.7 Å². The standard InChI is InChI=1S/C12H20N2O2S/c1-11(2,3)9-6-14-10(13-9)7-17(15,16)8-12(14,4)5/h6H,7-8H2,1-5H3. The molecule has 0 saturated carbocycles. The lowest BCUT2D eigenvalue weighted by atomic mass is 9.93. The lowest BCUT2D eigenvalue weighted by molar-refractivity contribution is 0.373. The Bertz CT molecular complexity index is 548. The SMILES string of the molecule is CC(C)(C)c1cn2c(n1)CS(=O)(=O)CC2(C)C. The van der Waals surface area contributed by atoms with Crippen LogP contribution in [0.5, 0.6) is 0 Å². The summed E-state index contributed by atoms with van der Waals surface area (Å²) in [7, 11) is -3.02. The summed E-state index contributed by atoms with van der Waals surface area (Å²) < 4.78 is 25.7. The van der Waals surface area contributed by atoms with Crippen LogP contribution in [0.4, 0.5) is 0 Å².